The lowest BCUT2D eigenvalue weighted by Crippen LogP contribution is -2.11. The number of carbonyl (C=O) groups is 1. The zero-order valence-corrected chi connectivity index (χ0v) is 15.0. The lowest BCUT2D eigenvalue weighted by atomic mass is 10.2. The van der Waals surface area contributed by atoms with Gasteiger partial charge in [0.1, 0.15) is 0 Å². The van der Waals surface area contributed by atoms with Crippen LogP contribution in [0.4, 0.5) is 5.69 Å². The van der Waals surface area contributed by atoms with Gasteiger partial charge in [0.15, 0.2) is 0 Å². The van der Waals surface area contributed by atoms with Crippen LogP contribution in [0.25, 0.3) is 5.69 Å². The SMILES string of the molecule is O=C(Nc1cccc(Cn2cccn2)c1)c1cnn(-c2cccc(Cl)c2)c1. The van der Waals surface area contributed by atoms with Crippen LogP contribution < -0.4 is 5.32 Å². The van der Waals surface area contributed by atoms with Crippen LogP contribution in [0.3, 0.4) is 0 Å². The van der Waals surface area contributed by atoms with Crippen LogP contribution in [0.5, 0.6) is 0 Å². The van der Waals surface area contributed by atoms with E-state index in [9.17, 15) is 4.79 Å². The Kier molecular flexibility index (Phi) is 4.72. The molecule has 0 aliphatic carbocycles. The van der Waals surface area contributed by atoms with Gasteiger partial charge in [0.05, 0.1) is 24.0 Å². The molecule has 6 nitrogen and oxygen atoms in total. The number of nitrogens with one attached hydrogen (secondary N) is 1. The molecule has 27 heavy (non-hydrogen) atoms. The van der Waals surface area contributed by atoms with Gasteiger partial charge in [0.25, 0.3) is 5.91 Å². The van der Waals surface area contributed by atoms with Crippen molar-refractivity contribution in [3.8, 4) is 5.69 Å². The van der Waals surface area contributed by atoms with Crippen LogP contribution in [-0.4, -0.2) is 25.5 Å². The van der Waals surface area contributed by atoms with Crippen molar-refractivity contribution in [1.29, 1.82) is 0 Å². The van der Waals surface area contributed by atoms with E-state index in [-0.39, 0.29) is 5.91 Å². The van der Waals surface area contributed by atoms with Crippen LogP contribution >= 0.6 is 11.6 Å². The Bertz CT molecular complexity index is 1070. The second-order valence-corrected chi connectivity index (χ2v) is 6.45. The Labute approximate surface area is 161 Å². The Morgan fingerprint density at radius 2 is 1.96 bits per heavy atom. The third kappa shape index (κ3) is 4.07. The summed E-state index contributed by atoms with van der Waals surface area (Å²) in [4.78, 5) is 12.5. The summed E-state index contributed by atoms with van der Waals surface area (Å²) < 4.78 is 3.45. The van der Waals surface area contributed by atoms with Gasteiger partial charge >= 0.3 is 0 Å². The number of benzene rings is 2. The minimum absolute atomic E-state index is 0.223. The van der Waals surface area contributed by atoms with E-state index in [1.165, 1.54) is 6.20 Å². The van der Waals surface area contributed by atoms with E-state index in [1.807, 2.05) is 53.3 Å². The molecule has 2 aromatic heterocycles. The first-order chi connectivity index (χ1) is 13.2. The summed E-state index contributed by atoms with van der Waals surface area (Å²) >= 11 is 6.01. The molecule has 1 N–H and O–H groups in total. The van der Waals surface area contributed by atoms with Gasteiger partial charge in [-0.05, 0) is 42.0 Å². The molecular formula is C20H16ClN5O. The van der Waals surface area contributed by atoms with Crippen LogP contribution in [0, 0.1) is 0 Å². The van der Waals surface area contributed by atoms with Crippen molar-refractivity contribution in [2.24, 2.45) is 0 Å². The number of hydrogen-bond donors (Lipinski definition) is 1. The van der Waals surface area contributed by atoms with Crippen LogP contribution in [-0.2, 0) is 6.54 Å². The van der Waals surface area contributed by atoms with Crippen molar-refractivity contribution in [3.63, 3.8) is 0 Å². The number of anilines is 1. The predicted octanol–water partition coefficient (Wildman–Crippen LogP) is 4.02. The second kappa shape index (κ2) is 7.47. The monoisotopic (exact) mass is 377 g/mol. The number of nitrogens with zero attached hydrogens (tertiary/aromatic N) is 4. The maximum atomic E-state index is 12.5. The summed E-state index contributed by atoms with van der Waals surface area (Å²) in [5.74, 6) is -0.223. The van der Waals surface area contributed by atoms with E-state index in [1.54, 1.807) is 29.2 Å². The normalized spacial score (nSPS) is 10.7. The van der Waals surface area contributed by atoms with Gasteiger partial charge < -0.3 is 5.32 Å². The number of amides is 1. The molecule has 4 aromatic rings. The number of aromatic nitrogens is 4. The first-order valence-corrected chi connectivity index (χ1v) is 8.73. The molecule has 0 aliphatic heterocycles. The second-order valence-electron chi connectivity index (χ2n) is 6.01. The van der Waals surface area contributed by atoms with E-state index in [4.69, 9.17) is 11.6 Å². The van der Waals surface area contributed by atoms with Gasteiger partial charge in [0, 0.05) is 29.3 Å². The largest absolute Gasteiger partial charge is 0.322 e. The van der Waals surface area contributed by atoms with Crippen molar-refractivity contribution in [3.05, 3.63) is 95.5 Å². The maximum Gasteiger partial charge on any atom is 0.258 e. The van der Waals surface area contributed by atoms with Gasteiger partial charge in [-0.2, -0.15) is 10.2 Å². The third-order valence-electron chi connectivity index (χ3n) is 4.01. The first-order valence-electron chi connectivity index (χ1n) is 8.36. The van der Waals surface area contributed by atoms with Crippen molar-refractivity contribution >= 4 is 23.2 Å². The average molecular weight is 378 g/mol. The zero-order valence-electron chi connectivity index (χ0n) is 14.3. The Hall–Kier alpha value is -3.38. The Morgan fingerprint density at radius 1 is 1.07 bits per heavy atom. The molecule has 0 radical (unpaired) electrons. The molecule has 0 fully saturated rings. The quantitative estimate of drug-likeness (QED) is 0.571. The van der Waals surface area contributed by atoms with Crippen molar-refractivity contribution < 1.29 is 4.79 Å². The first kappa shape index (κ1) is 17.1. The van der Waals surface area contributed by atoms with Gasteiger partial charge in [-0.15, -0.1) is 0 Å². The molecule has 4 rings (SSSR count). The minimum Gasteiger partial charge on any atom is -0.322 e. The summed E-state index contributed by atoms with van der Waals surface area (Å²) in [6, 6.07) is 16.9. The highest BCUT2D eigenvalue weighted by Gasteiger charge is 2.10. The summed E-state index contributed by atoms with van der Waals surface area (Å²) in [6.45, 7) is 0.642. The molecule has 7 heteroatoms. The van der Waals surface area contributed by atoms with Gasteiger partial charge in [-0.25, -0.2) is 4.68 Å². The number of halogens is 1. The highest BCUT2D eigenvalue weighted by molar-refractivity contribution is 6.30. The molecule has 0 saturated heterocycles. The van der Waals surface area contributed by atoms with E-state index >= 15 is 0 Å². The standard InChI is InChI=1S/C20H16ClN5O/c21-17-5-2-7-19(11-17)26-14-16(12-23-26)20(27)24-18-6-1-4-15(10-18)13-25-9-3-8-22-25/h1-12,14H,13H2,(H,24,27). The Balaban J connectivity index is 1.48. The molecule has 0 unspecified atom stereocenters. The van der Waals surface area contributed by atoms with E-state index in [0.717, 1.165) is 16.9 Å². The molecule has 0 saturated carbocycles. The zero-order chi connectivity index (χ0) is 18.6. The highest BCUT2D eigenvalue weighted by Crippen LogP contribution is 2.16. The van der Waals surface area contributed by atoms with Crippen molar-refractivity contribution in [2.75, 3.05) is 5.32 Å². The fourth-order valence-electron chi connectivity index (χ4n) is 2.73. The Morgan fingerprint density at radius 3 is 2.78 bits per heavy atom. The van der Waals surface area contributed by atoms with Crippen LogP contribution in [0.2, 0.25) is 5.02 Å². The third-order valence-corrected chi connectivity index (χ3v) is 4.24. The fourth-order valence-corrected chi connectivity index (χ4v) is 2.92. The molecule has 0 atom stereocenters. The van der Waals surface area contributed by atoms with E-state index in [0.29, 0.717) is 17.1 Å². The minimum atomic E-state index is -0.223. The molecule has 1 amide bonds. The lowest BCUT2D eigenvalue weighted by Gasteiger charge is -2.07. The number of carbonyl (C=O) groups excluding carboxylic acids is 1. The lowest BCUT2D eigenvalue weighted by molar-refractivity contribution is 0.102. The molecular weight excluding hydrogens is 362 g/mol. The van der Waals surface area contributed by atoms with Crippen LogP contribution in [0.1, 0.15) is 15.9 Å². The summed E-state index contributed by atoms with van der Waals surface area (Å²) in [5.41, 5.74) is 3.03. The number of rotatable bonds is 5. The summed E-state index contributed by atoms with van der Waals surface area (Å²) in [7, 11) is 0. The van der Waals surface area contributed by atoms with Gasteiger partial charge in [0.2, 0.25) is 0 Å². The molecule has 2 heterocycles. The highest BCUT2D eigenvalue weighted by atomic mass is 35.5. The van der Waals surface area contributed by atoms with E-state index in [2.05, 4.69) is 15.5 Å². The molecule has 0 aliphatic rings. The average Bonchev–Trinajstić information content (AvgIpc) is 3.34. The van der Waals surface area contributed by atoms with Gasteiger partial charge in [-0.3, -0.25) is 9.48 Å². The summed E-state index contributed by atoms with van der Waals surface area (Å²) in [5, 5.41) is 12.0. The summed E-state index contributed by atoms with van der Waals surface area (Å²) in [6.07, 6.45) is 6.84. The van der Waals surface area contributed by atoms with E-state index < -0.39 is 0 Å². The topological polar surface area (TPSA) is 64.7 Å². The molecule has 0 bridgehead atoms. The molecule has 134 valence electrons. The van der Waals surface area contributed by atoms with Crippen molar-refractivity contribution in [1.82, 2.24) is 19.6 Å². The van der Waals surface area contributed by atoms with Crippen LogP contribution in [0.15, 0.2) is 79.4 Å². The van der Waals surface area contributed by atoms with Gasteiger partial charge in [-0.1, -0.05) is 29.8 Å². The van der Waals surface area contributed by atoms with Crippen molar-refractivity contribution in [2.45, 2.75) is 6.54 Å². The molecule has 0 spiro atoms. The smallest absolute Gasteiger partial charge is 0.258 e. The fraction of sp³-hybridized carbons (Fsp3) is 0.0500. The molecule has 2 aromatic carbocycles. The maximum absolute atomic E-state index is 12.5. The number of hydrogen-bond acceptors (Lipinski definition) is 3. The predicted molar refractivity (Wildman–Crippen MR) is 104 cm³/mol.